The van der Waals surface area contributed by atoms with Gasteiger partial charge in [-0.2, -0.15) is 0 Å². The number of carbonyl (C=O) groups excluding carboxylic acids is 1. The summed E-state index contributed by atoms with van der Waals surface area (Å²) in [5.74, 6) is 0.133. The maximum Gasteiger partial charge on any atom is 0.249 e. The standard InChI is InChI=1S/C17H23N3O3S/c18-24(22,23)16-9-5-4-8-15(16)19-10-12-20(13-11-19)17(21)14-6-2-1-3-7-14/h4-6,8-9H,1-3,7,10-13H2,(H2,18,22,23). The lowest BCUT2D eigenvalue weighted by Crippen LogP contribution is -2.49. The molecule has 0 bridgehead atoms. The summed E-state index contributed by atoms with van der Waals surface area (Å²) in [6.07, 6.45) is 6.17. The summed E-state index contributed by atoms with van der Waals surface area (Å²) in [6, 6.07) is 6.75. The van der Waals surface area contributed by atoms with Gasteiger partial charge in [0.1, 0.15) is 4.90 Å². The molecule has 1 aliphatic carbocycles. The molecule has 0 atom stereocenters. The van der Waals surface area contributed by atoms with E-state index in [2.05, 4.69) is 6.08 Å². The van der Waals surface area contributed by atoms with E-state index in [1.807, 2.05) is 9.80 Å². The fraction of sp³-hybridized carbons (Fsp3) is 0.471. The van der Waals surface area contributed by atoms with Crippen molar-refractivity contribution in [1.82, 2.24) is 4.90 Å². The van der Waals surface area contributed by atoms with Gasteiger partial charge in [-0.25, -0.2) is 13.6 Å². The molecule has 0 spiro atoms. The maximum atomic E-state index is 12.5. The van der Waals surface area contributed by atoms with Crippen LogP contribution >= 0.6 is 0 Å². The minimum Gasteiger partial charge on any atom is -0.367 e. The molecule has 1 fully saturated rings. The second-order valence-electron chi connectivity index (χ2n) is 6.27. The number of hydrogen-bond donors (Lipinski definition) is 1. The van der Waals surface area contributed by atoms with E-state index in [9.17, 15) is 13.2 Å². The van der Waals surface area contributed by atoms with Crippen molar-refractivity contribution in [2.24, 2.45) is 5.14 Å². The van der Waals surface area contributed by atoms with E-state index in [1.165, 1.54) is 6.07 Å². The van der Waals surface area contributed by atoms with Gasteiger partial charge in [-0.3, -0.25) is 4.79 Å². The van der Waals surface area contributed by atoms with E-state index >= 15 is 0 Å². The zero-order chi connectivity index (χ0) is 17.2. The summed E-state index contributed by atoms with van der Waals surface area (Å²) in [7, 11) is -3.76. The number of carbonyl (C=O) groups is 1. The van der Waals surface area contributed by atoms with E-state index in [0.717, 1.165) is 31.3 Å². The Labute approximate surface area is 143 Å². The molecule has 1 aliphatic heterocycles. The van der Waals surface area contributed by atoms with Crippen LogP contribution in [0.2, 0.25) is 0 Å². The van der Waals surface area contributed by atoms with Gasteiger partial charge in [-0.1, -0.05) is 18.2 Å². The Kier molecular flexibility index (Phi) is 4.91. The van der Waals surface area contributed by atoms with E-state index in [4.69, 9.17) is 5.14 Å². The lowest BCUT2D eigenvalue weighted by atomic mass is 9.98. The zero-order valence-electron chi connectivity index (χ0n) is 13.6. The molecule has 2 aliphatic rings. The van der Waals surface area contributed by atoms with E-state index in [0.29, 0.717) is 31.9 Å². The number of allylic oxidation sites excluding steroid dienone is 1. The Hall–Kier alpha value is -1.86. The van der Waals surface area contributed by atoms with Crippen LogP contribution in [0.4, 0.5) is 5.69 Å². The predicted molar refractivity (Wildman–Crippen MR) is 93.2 cm³/mol. The van der Waals surface area contributed by atoms with Crippen molar-refractivity contribution in [1.29, 1.82) is 0 Å². The molecule has 0 aromatic heterocycles. The van der Waals surface area contributed by atoms with Crippen molar-refractivity contribution in [2.45, 2.75) is 30.6 Å². The summed E-state index contributed by atoms with van der Waals surface area (Å²) in [6.45, 7) is 2.39. The van der Waals surface area contributed by atoms with Crippen LogP contribution < -0.4 is 10.0 Å². The van der Waals surface area contributed by atoms with Crippen molar-refractivity contribution < 1.29 is 13.2 Å². The van der Waals surface area contributed by atoms with Gasteiger partial charge in [0.2, 0.25) is 15.9 Å². The highest BCUT2D eigenvalue weighted by molar-refractivity contribution is 7.89. The van der Waals surface area contributed by atoms with E-state index < -0.39 is 10.0 Å². The van der Waals surface area contributed by atoms with Crippen molar-refractivity contribution in [3.05, 3.63) is 35.9 Å². The molecule has 130 valence electrons. The summed E-state index contributed by atoms with van der Waals surface area (Å²) >= 11 is 0. The first kappa shape index (κ1) is 17.0. The topological polar surface area (TPSA) is 83.7 Å². The first-order chi connectivity index (χ1) is 11.5. The number of benzene rings is 1. The fourth-order valence-electron chi connectivity index (χ4n) is 3.34. The van der Waals surface area contributed by atoms with Crippen LogP contribution in [0, 0.1) is 0 Å². The molecule has 1 heterocycles. The van der Waals surface area contributed by atoms with Gasteiger partial charge in [0.25, 0.3) is 0 Å². The van der Waals surface area contributed by atoms with Crippen LogP contribution in [0.25, 0.3) is 0 Å². The number of piperazine rings is 1. The number of hydrogen-bond acceptors (Lipinski definition) is 4. The minimum atomic E-state index is -3.76. The number of sulfonamides is 1. The van der Waals surface area contributed by atoms with Crippen molar-refractivity contribution in [3.8, 4) is 0 Å². The lowest BCUT2D eigenvalue weighted by molar-refractivity contribution is -0.127. The van der Waals surface area contributed by atoms with E-state index in [-0.39, 0.29) is 10.8 Å². The normalized spacial score (nSPS) is 19.1. The Morgan fingerprint density at radius 1 is 1.04 bits per heavy atom. The first-order valence-corrected chi connectivity index (χ1v) is 9.86. The average molecular weight is 349 g/mol. The number of para-hydroxylation sites is 1. The number of rotatable bonds is 3. The van der Waals surface area contributed by atoms with Crippen LogP contribution in [0.3, 0.4) is 0 Å². The van der Waals surface area contributed by atoms with Crippen LogP contribution in [0.1, 0.15) is 25.7 Å². The summed E-state index contributed by atoms with van der Waals surface area (Å²) in [4.78, 5) is 16.5. The molecule has 0 unspecified atom stereocenters. The third kappa shape index (κ3) is 3.62. The summed E-state index contributed by atoms with van der Waals surface area (Å²) < 4.78 is 23.5. The molecule has 24 heavy (non-hydrogen) atoms. The number of primary sulfonamides is 1. The van der Waals surface area contributed by atoms with Crippen molar-refractivity contribution >= 4 is 21.6 Å². The van der Waals surface area contributed by atoms with Crippen molar-refractivity contribution in [2.75, 3.05) is 31.1 Å². The van der Waals surface area contributed by atoms with Gasteiger partial charge in [0.05, 0.1) is 5.69 Å². The molecule has 3 rings (SSSR count). The molecule has 7 heteroatoms. The van der Waals surface area contributed by atoms with Crippen LogP contribution in [0.15, 0.2) is 40.8 Å². The molecular weight excluding hydrogens is 326 g/mol. The molecule has 1 amide bonds. The van der Waals surface area contributed by atoms with Gasteiger partial charge in [0, 0.05) is 31.8 Å². The third-order valence-electron chi connectivity index (χ3n) is 4.65. The second kappa shape index (κ2) is 6.94. The van der Waals surface area contributed by atoms with E-state index in [1.54, 1.807) is 18.2 Å². The molecule has 1 aromatic carbocycles. The third-order valence-corrected chi connectivity index (χ3v) is 5.60. The Morgan fingerprint density at radius 3 is 2.38 bits per heavy atom. The van der Waals surface area contributed by atoms with Crippen LogP contribution in [-0.2, 0) is 14.8 Å². The Balaban J connectivity index is 1.70. The Bertz CT molecular complexity index is 750. The van der Waals surface area contributed by atoms with Gasteiger partial charge < -0.3 is 9.80 Å². The smallest absolute Gasteiger partial charge is 0.249 e. The maximum absolute atomic E-state index is 12.5. The molecule has 6 nitrogen and oxygen atoms in total. The number of nitrogens with two attached hydrogens (primary N) is 1. The number of nitrogens with zero attached hydrogens (tertiary/aromatic N) is 2. The SMILES string of the molecule is NS(=O)(=O)c1ccccc1N1CCN(C(=O)C2=CCCCC2)CC1. The lowest BCUT2D eigenvalue weighted by Gasteiger charge is -2.37. The summed E-state index contributed by atoms with van der Waals surface area (Å²) in [5.41, 5.74) is 1.55. The van der Waals surface area contributed by atoms with Crippen molar-refractivity contribution in [3.63, 3.8) is 0 Å². The molecule has 1 aromatic rings. The fourth-order valence-corrected chi connectivity index (χ4v) is 4.10. The van der Waals surface area contributed by atoms with Crippen LogP contribution in [-0.4, -0.2) is 45.4 Å². The van der Waals surface area contributed by atoms with Gasteiger partial charge >= 0.3 is 0 Å². The average Bonchev–Trinajstić information content (AvgIpc) is 2.61. The molecule has 2 N–H and O–H groups in total. The largest absolute Gasteiger partial charge is 0.367 e. The first-order valence-electron chi connectivity index (χ1n) is 8.32. The molecule has 0 saturated carbocycles. The monoisotopic (exact) mass is 349 g/mol. The number of amides is 1. The quantitative estimate of drug-likeness (QED) is 0.896. The Morgan fingerprint density at radius 2 is 1.75 bits per heavy atom. The van der Waals surface area contributed by atoms with Crippen LogP contribution in [0.5, 0.6) is 0 Å². The highest BCUT2D eigenvalue weighted by atomic mass is 32.2. The highest BCUT2D eigenvalue weighted by Gasteiger charge is 2.26. The van der Waals surface area contributed by atoms with Gasteiger partial charge in [0.15, 0.2) is 0 Å². The number of anilines is 1. The minimum absolute atomic E-state index is 0.133. The summed E-state index contributed by atoms with van der Waals surface area (Å²) in [5, 5.41) is 5.31. The second-order valence-corrected chi connectivity index (χ2v) is 7.80. The van der Waals surface area contributed by atoms with Gasteiger partial charge in [-0.15, -0.1) is 0 Å². The highest BCUT2D eigenvalue weighted by Crippen LogP contribution is 2.26. The molecular formula is C17H23N3O3S. The van der Waals surface area contributed by atoms with Gasteiger partial charge in [-0.05, 0) is 37.8 Å². The predicted octanol–water partition coefficient (Wildman–Crippen LogP) is 1.48. The molecule has 0 radical (unpaired) electrons. The molecule has 1 saturated heterocycles. The zero-order valence-corrected chi connectivity index (χ0v) is 14.5.